The highest BCUT2D eigenvalue weighted by Crippen LogP contribution is 2.36. The number of benzene rings is 4. The first-order chi connectivity index (χ1) is 18.9. The van der Waals surface area contributed by atoms with Gasteiger partial charge in [-0.1, -0.05) is 48.5 Å². The van der Waals surface area contributed by atoms with Crippen LogP contribution in [0.15, 0.2) is 103 Å². The van der Waals surface area contributed by atoms with E-state index in [-0.39, 0.29) is 11.5 Å². The lowest BCUT2D eigenvalue weighted by atomic mass is 9.96. The Morgan fingerprint density at radius 3 is 2.18 bits per heavy atom. The summed E-state index contributed by atoms with van der Waals surface area (Å²) in [7, 11) is 0. The van der Waals surface area contributed by atoms with Crippen LogP contribution in [-0.4, -0.2) is 34.2 Å². The second-order valence-electron chi connectivity index (χ2n) is 8.53. The molecule has 0 fully saturated rings. The van der Waals surface area contributed by atoms with E-state index in [1.165, 1.54) is 24.5 Å². The van der Waals surface area contributed by atoms with Gasteiger partial charge in [0.1, 0.15) is 11.5 Å². The third-order valence-corrected chi connectivity index (χ3v) is 5.87. The smallest absolute Gasteiger partial charge is 0.412 e. The Balaban J connectivity index is 1.75. The summed E-state index contributed by atoms with van der Waals surface area (Å²) < 4.78 is 12.0. The van der Waals surface area contributed by atoms with Gasteiger partial charge in [-0.05, 0) is 60.9 Å². The summed E-state index contributed by atoms with van der Waals surface area (Å²) in [4.78, 5) is 36.5. The zero-order valence-corrected chi connectivity index (χ0v) is 20.9. The number of para-hydroxylation sites is 1. The average molecular weight is 527 g/mol. The molecular weight excluding hydrogens is 500 g/mol. The van der Waals surface area contributed by atoms with E-state index in [0.29, 0.717) is 33.3 Å². The SMILES string of the molecule is CC(=O)c1ccc(NC(=O)O[C@H](c2ccc(O)c3ccccc23)[C@@H](/C=C/C(=O)NO)Oc2ccccc2)cc1. The molecule has 4 N–H and O–H groups in total. The molecule has 0 saturated carbocycles. The van der Waals surface area contributed by atoms with Gasteiger partial charge in [0.25, 0.3) is 5.91 Å². The minimum atomic E-state index is -1.12. The number of ketones is 1. The van der Waals surface area contributed by atoms with Crippen molar-refractivity contribution in [2.75, 3.05) is 5.32 Å². The fourth-order valence-electron chi connectivity index (χ4n) is 3.99. The van der Waals surface area contributed by atoms with Gasteiger partial charge >= 0.3 is 6.09 Å². The van der Waals surface area contributed by atoms with Gasteiger partial charge in [0.2, 0.25) is 0 Å². The van der Waals surface area contributed by atoms with E-state index in [1.807, 2.05) is 6.07 Å². The highest BCUT2D eigenvalue weighted by atomic mass is 16.6. The van der Waals surface area contributed by atoms with E-state index < -0.39 is 24.2 Å². The van der Waals surface area contributed by atoms with E-state index in [2.05, 4.69) is 5.32 Å². The van der Waals surface area contributed by atoms with Crippen molar-refractivity contribution in [1.29, 1.82) is 0 Å². The Labute approximate surface area is 224 Å². The number of anilines is 1. The zero-order chi connectivity index (χ0) is 27.8. The van der Waals surface area contributed by atoms with Crippen molar-refractivity contribution in [3.8, 4) is 11.5 Å². The van der Waals surface area contributed by atoms with Crippen LogP contribution >= 0.6 is 0 Å². The summed E-state index contributed by atoms with van der Waals surface area (Å²) in [5.74, 6) is -0.434. The minimum absolute atomic E-state index is 0.0406. The standard InChI is InChI=1S/C30H26N2O7/c1-19(33)20-11-13-21(14-12-20)31-30(36)39-29(25-15-16-26(34)24-10-6-5-9-23(24)25)27(17-18-28(35)32-37)38-22-7-3-2-4-8-22/h2-18,27,29,34,37H,1H3,(H,31,36)(H,32,35)/b18-17+/t27-,29-/m1/s1. The van der Waals surface area contributed by atoms with Crippen LogP contribution in [0.3, 0.4) is 0 Å². The molecule has 9 heteroatoms. The van der Waals surface area contributed by atoms with Crippen LogP contribution in [0.2, 0.25) is 0 Å². The lowest BCUT2D eigenvalue weighted by Crippen LogP contribution is -2.30. The fraction of sp³-hybridized carbons (Fsp3) is 0.100. The maximum Gasteiger partial charge on any atom is 0.412 e. The van der Waals surface area contributed by atoms with Crippen LogP contribution in [0.4, 0.5) is 10.5 Å². The number of fused-ring (bicyclic) bond motifs is 1. The number of phenols is 1. The molecule has 4 rings (SSSR count). The van der Waals surface area contributed by atoms with Crippen molar-refractivity contribution in [2.24, 2.45) is 0 Å². The monoisotopic (exact) mass is 526 g/mol. The Bertz CT molecular complexity index is 1500. The average Bonchev–Trinajstić information content (AvgIpc) is 2.95. The number of hydroxylamine groups is 1. The molecule has 4 aromatic rings. The molecular formula is C30H26N2O7. The number of hydrogen-bond donors (Lipinski definition) is 4. The molecule has 0 saturated heterocycles. The number of phenolic OH excluding ortho intramolecular Hbond substituents is 1. The molecule has 0 unspecified atom stereocenters. The van der Waals surface area contributed by atoms with Gasteiger partial charge in [-0.3, -0.25) is 20.1 Å². The summed E-state index contributed by atoms with van der Waals surface area (Å²) in [6.45, 7) is 1.45. The largest absolute Gasteiger partial charge is 0.507 e. The topological polar surface area (TPSA) is 134 Å². The summed E-state index contributed by atoms with van der Waals surface area (Å²) >= 11 is 0. The number of hydrogen-bond acceptors (Lipinski definition) is 7. The number of carbonyl (C=O) groups excluding carboxylic acids is 3. The first-order valence-electron chi connectivity index (χ1n) is 12.0. The second-order valence-corrected chi connectivity index (χ2v) is 8.53. The van der Waals surface area contributed by atoms with Crippen molar-refractivity contribution < 1.29 is 34.2 Å². The maximum atomic E-state index is 13.1. The number of Topliss-reactive ketones (excluding diaryl/α,β-unsaturated/α-hetero) is 1. The summed E-state index contributed by atoms with van der Waals surface area (Å²) in [6, 6.07) is 25.2. The molecule has 0 heterocycles. The quantitative estimate of drug-likeness (QED) is 0.0973. The van der Waals surface area contributed by atoms with Crippen molar-refractivity contribution in [2.45, 2.75) is 19.1 Å². The number of rotatable bonds is 9. The molecule has 0 aliphatic rings. The van der Waals surface area contributed by atoms with E-state index >= 15 is 0 Å². The van der Waals surface area contributed by atoms with Gasteiger partial charge in [-0.25, -0.2) is 10.3 Å². The fourth-order valence-corrected chi connectivity index (χ4v) is 3.99. The van der Waals surface area contributed by atoms with Crippen LogP contribution in [0.1, 0.15) is 28.9 Å². The third kappa shape index (κ3) is 6.79. The summed E-state index contributed by atoms with van der Waals surface area (Å²) in [5.41, 5.74) is 2.92. The predicted molar refractivity (Wildman–Crippen MR) is 145 cm³/mol. The Morgan fingerprint density at radius 1 is 0.846 bits per heavy atom. The van der Waals surface area contributed by atoms with Gasteiger partial charge in [0.05, 0.1) is 0 Å². The van der Waals surface area contributed by atoms with Gasteiger partial charge in [0.15, 0.2) is 18.0 Å². The predicted octanol–water partition coefficient (Wildman–Crippen LogP) is 5.55. The van der Waals surface area contributed by atoms with Crippen LogP contribution in [0.5, 0.6) is 11.5 Å². The van der Waals surface area contributed by atoms with Crippen molar-refractivity contribution in [3.05, 3.63) is 114 Å². The number of nitrogens with one attached hydrogen (secondary N) is 2. The van der Waals surface area contributed by atoms with Crippen molar-refractivity contribution in [1.82, 2.24) is 5.48 Å². The normalized spacial score (nSPS) is 12.5. The molecule has 9 nitrogen and oxygen atoms in total. The number of ether oxygens (including phenoxy) is 2. The van der Waals surface area contributed by atoms with Crippen LogP contribution in [-0.2, 0) is 9.53 Å². The van der Waals surface area contributed by atoms with Crippen molar-refractivity contribution in [3.63, 3.8) is 0 Å². The van der Waals surface area contributed by atoms with E-state index in [0.717, 1.165) is 6.08 Å². The molecule has 198 valence electrons. The number of aromatic hydroxyl groups is 1. The number of carbonyl (C=O) groups is 3. The maximum absolute atomic E-state index is 13.1. The number of amides is 2. The first kappa shape index (κ1) is 26.9. The molecule has 0 aromatic heterocycles. The summed E-state index contributed by atoms with van der Waals surface area (Å²) in [5, 5.41) is 23.2. The molecule has 0 bridgehead atoms. The Kier molecular flexibility index (Phi) is 8.55. The van der Waals surface area contributed by atoms with Gasteiger partial charge in [-0.15, -0.1) is 0 Å². The van der Waals surface area contributed by atoms with Gasteiger partial charge in [0, 0.05) is 28.3 Å². The first-order valence-corrected chi connectivity index (χ1v) is 12.0. The molecule has 0 spiro atoms. The molecule has 4 aromatic carbocycles. The van der Waals surface area contributed by atoms with Crippen LogP contribution < -0.4 is 15.5 Å². The van der Waals surface area contributed by atoms with Gasteiger partial charge in [-0.2, -0.15) is 0 Å². The molecule has 0 aliphatic heterocycles. The van der Waals surface area contributed by atoms with Crippen LogP contribution in [0.25, 0.3) is 10.8 Å². The highest BCUT2D eigenvalue weighted by Gasteiger charge is 2.30. The molecule has 39 heavy (non-hydrogen) atoms. The minimum Gasteiger partial charge on any atom is -0.507 e. The van der Waals surface area contributed by atoms with E-state index in [9.17, 15) is 19.5 Å². The lowest BCUT2D eigenvalue weighted by Gasteiger charge is -2.27. The third-order valence-electron chi connectivity index (χ3n) is 5.87. The highest BCUT2D eigenvalue weighted by molar-refractivity contribution is 5.95. The molecule has 2 amide bonds. The van der Waals surface area contributed by atoms with Gasteiger partial charge < -0.3 is 14.6 Å². The van der Waals surface area contributed by atoms with E-state index in [1.54, 1.807) is 78.9 Å². The second kappa shape index (κ2) is 12.4. The molecule has 0 radical (unpaired) electrons. The zero-order valence-electron chi connectivity index (χ0n) is 20.9. The van der Waals surface area contributed by atoms with Crippen LogP contribution in [0, 0.1) is 0 Å². The molecule has 0 aliphatic carbocycles. The Hall–Kier alpha value is -5.15. The Morgan fingerprint density at radius 2 is 1.51 bits per heavy atom. The van der Waals surface area contributed by atoms with E-state index in [4.69, 9.17) is 14.7 Å². The molecule has 2 atom stereocenters. The summed E-state index contributed by atoms with van der Waals surface area (Å²) in [6.07, 6.45) is -0.557. The van der Waals surface area contributed by atoms with Crippen molar-refractivity contribution >= 4 is 34.2 Å². The lowest BCUT2D eigenvalue weighted by molar-refractivity contribution is -0.124.